The summed E-state index contributed by atoms with van der Waals surface area (Å²) in [5.41, 5.74) is 3.97. The van der Waals surface area contributed by atoms with Gasteiger partial charge in [-0.3, -0.25) is 9.78 Å². The molecule has 0 bridgehead atoms. The molecule has 1 unspecified atom stereocenters. The van der Waals surface area contributed by atoms with Crippen molar-refractivity contribution in [3.05, 3.63) is 77.7 Å². The van der Waals surface area contributed by atoms with E-state index in [1.165, 1.54) is 0 Å². The molecule has 0 fully saturated rings. The Morgan fingerprint density at radius 3 is 2.75 bits per heavy atom. The zero-order valence-electron chi connectivity index (χ0n) is 18.8. The molecule has 0 aliphatic heterocycles. The maximum Gasteiger partial charge on any atom is 0.256 e. The average molecular weight is 629 g/mol. The Morgan fingerprint density at radius 1 is 1.14 bits per heavy atom. The van der Waals surface area contributed by atoms with E-state index in [0.717, 1.165) is 33.7 Å². The predicted octanol–water partition coefficient (Wildman–Crippen LogP) is 6.49. The third-order valence-corrected chi connectivity index (χ3v) is 7.86. The van der Waals surface area contributed by atoms with Crippen LogP contribution >= 0.6 is 40.0 Å². The molecule has 0 radical (unpaired) electrons. The van der Waals surface area contributed by atoms with Gasteiger partial charge in [-0.1, -0.05) is 29.8 Å². The van der Waals surface area contributed by atoms with Crippen molar-refractivity contribution in [1.29, 1.82) is 5.41 Å². The lowest BCUT2D eigenvalue weighted by Gasteiger charge is -2.08. The van der Waals surface area contributed by atoms with E-state index >= 15 is 0 Å². The van der Waals surface area contributed by atoms with Gasteiger partial charge in [-0.15, -0.1) is 5.10 Å². The van der Waals surface area contributed by atoms with Crippen molar-refractivity contribution < 1.29 is 4.79 Å². The van der Waals surface area contributed by atoms with Gasteiger partial charge in [-0.25, -0.2) is 9.13 Å². The van der Waals surface area contributed by atoms with Crippen LogP contribution in [0.3, 0.4) is 0 Å². The second-order valence-corrected chi connectivity index (χ2v) is 10.1. The summed E-state index contributed by atoms with van der Waals surface area (Å²) in [5, 5.41) is 25.1. The van der Waals surface area contributed by atoms with Gasteiger partial charge in [0.05, 0.1) is 63.7 Å². The number of nitrogens with one attached hydrogen (secondary N) is 3. The lowest BCUT2D eigenvalue weighted by molar-refractivity contribution is -0.112. The molecule has 1 atom stereocenters. The largest absolute Gasteiger partial charge is 0.337 e. The second-order valence-electron chi connectivity index (χ2n) is 7.68. The van der Waals surface area contributed by atoms with Crippen molar-refractivity contribution in [2.75, 3.05) is 10.6 Å². The number of fused-ring (bicyclic) bond motifs is 2. The van der Waals surface area contributed by atoms with Crippen molar-refractivity contribution in [2.45, 2.75) is 6.92 Å². The van der Waals surface area contributed by atoms with Gasteiger partial charge in [0, 0.05) is 17.0 Å². The number of benzene rings is 2. The maximum atomic E-state index is 12.4. The van der Waals surface area contributed by atoms with Gasteiger partial charge in [0.25, 0.3) is 5.91 Å². The Hall–Kier alpha value is -3.34. The minimum Gasteiger partial charge on any atom is -0.337 e. The Balaban J connectivity index is 1.53. The molecule has 9 nitrogen and oxygen atoms in total. The number of aromatic nitrogens is 5. The van der Waals surface area contributed by atoms with Gasteiger partial charge in [0.1, 0.15) is 0 Å². The average Bonchev–Trinajstić information content (AvgIpc) is 3.49. The molecule has 0 saturated heterocycles. The first-order chi connectivity index (χ1) is 17.5. The van der Waals surface area contributed by atoms with E-state index in [-0.39, 0.29) is 11.5 Å². The number of nitrogens with zero attached hydrogens (tertiary/aromatic N) is 5. The molecular formula is C24H19ClIN8OP. The number of allylic oxidation sites excluding steroid dienone is 1. The van der Waals surface area contributed by atoms with E-state index in [4.69, 9.17) is 22.1 Å². The smallest absolute Gasteiger partial charge is 0.256 e. The third kappa shape index (κ3) is 4.47. The number of rotatable bonds is 7. The monoisotopic (exact) mass is 628 g/mol. The van der Waals surface area contributed by atoms with E-state index < -0.39 is 0 Å². The lowest BCUT2D eigenvalue weighted by atomic mass is 10.2. The van der Waals surface area contributed by atoms with Crippen LogP contribution in [-0.2, 0) is 4.79 Å². The molecule has 0 aliphatic carbocycles. The van der Waals surface area contributed by atoms with E-state index in [1.54, 1.807) is 42.3 Å². The zero-order chi connectivity index (χ0) is 25.2. The van der Waals surface area contributed by atoms with Gasteiger partial charge in [0.15, 0.2) is 5.82 Å². The number of amides is 1. The van der Waals surface area contributed by atoms with E-state index in [2.05, 4.69) is 42.8 Å². The molecule has 3 heterocycles. The topological polar surface area (TPSA) is 114 Å². The highest BCUT2D eigenvalue weighted by Gasteiger charge is 2.16. The number of hydrogen-bond donors (Lipinski definition) is 3. The molecule has 3 aromatic heterocycles. The summed E-state index contributed by atoms with van der Waals surface area (Å²) in [5.74, 6) is 0.250. The Kier molecular flexibility index (Phi) is 6.99. The number of halogens is 2. The van der Waals surface area contributed by atoms with Crippen LogP contribution in [0, 0.1) is 5.41 Å². The highest BCUT2D eigenvalue weighted by molar-refractivity contribution is 14.2. The van der Waals surface area contributed by atoms with Gasteiger partial charge in [-0.05, 0) is 59.3 Å². The predicted molar refractivity (Wildman–Crippen MR) is 156 cm³/mol. The molecule has 0 aliphatic rings. The van der Waals surface area contributed by atoms with Crippen molar-refractivity contribution in [3.8, 4) is 5.69 Å². The number of hydrogen-bond acceptors (Lipinski definition) is 6. The van der Waals surface area contributed by atoms with Gasteiger partial charge >= 0.3 is 0 Å². The van der Waals surface area contributed by atoms with Crippen LogP contribution in [0.4, 0.5) is 17.2 Å². The van der Waals surface area contributed by atoms with E-state index in [0.29, 0.717) is 28.6 Å². The number of para-hydroxylation sites is 1. The van der Waals surface area contributed by atoms with Crippen LogP contribution in [0.1, 0.15) is 6.92 Å². The molecule has 5 rings (SSSR count). The van der Waals surface area contributed by atoms with Crippen molar-refractivity contribution in [1.82, 2.24) is 24.3 Å². The first-order valence-corrected chi connectivity index (χ1v) is 15.2. The van der Waals surface area contributed by atoms with Crippen LogP contribution in [0.5, 0.6) is 0 Å². The number of anilines is 3. The minimum absolute atomic E-state index is 0.259. The molecule has 0 spiro atoms. The molecular weight excluding hydrogens is 610 g/mol. The summed E-state index contributed by atoms with van der Waals surface area (Å²) in [6.07, 6.45) is 8.07. The lowest BCUT2D eigenvalue weighted by Crippen LogP contribution is -2.15. The zero-order valence-corrected chi connectivity index (χ0v) is 22.7. The quantitative estimate of drug-likeness (QED) is 0.0825. The standard InChI is InChI=1S/C24H19ClIN8OP/c1-2-14(10-27)24(35)30-15-9-16(12-28-11-15)33-20-6-4-3-5-17(20)23(32-33)31-19-7-8-21-18(22(19)25)13-29-34(21)36-26/h2-13,27,36H,1H3,(H,30,35)(H,31,32)/b14-2+,27-10?. The summed E-state index contributed by atoms with van der Waals surface area (Å²) >= 11 is 9.02. The van der Waals surface area contributed by atoms with Crippen LogP contribution in [0.2, 0.25) is 5.02 Å². The Morgan fingerprint density at radius 2 is 1.97 bits per heavy atom. The van der Waals surface area contributed by atoms with Gasteiger partial charge in [0.2, 0.25) is 0 Å². The fourth-order valence-electron chi connectivity index (χ4n) is 3.81. The molecule has 1 amide bonds. The van der Waals surface area contributed by atoms with Gasteiger partial charge < -0.3 is 16.0 Å². The summed E-state index contributed by atoms with van der Waals surface area (Å²) in [6.45, 7) is 1.71. The van der Waals surface area contributed by atoms with Crippen LogP contribution < -0.4 is 10.6 Å². The Bertz CT molecular complexity index is 1660. The van der Waals surface area contributed by atoms with E-state index in [9.17, 15) is 4.79 Å². The highest BCUT2D eigenvalue weighted by atomic mass is 127. The van der Waals surface area contributed by atoms with Crippen LogP contribution in [0.15, 0.2) is 72.7 Å². The molecule has 180 valence electrons. The molecule has 12 heteroatoms. The first kappa shape index (κ1) is 24.4. The van der Waals surface area contributed by atoms with Crippen molar-refractivity contribution in [2.24, 2.45) is 0 Å². The highest BCUT2D eigenvalue weighted by Crippen LogP contribution is 2.37. The van der Waals surface area contributed by atoms with Crippen molar-refractivity contribution in [3.63, 3.8) is 0 Å². The minimum atomic E-state index is -0.379. The summed E-state index contributed by atoms with van der Waals surface area (Å²) in [4.78, 5) is 16.7. The fourth-order valence-corrected chi connectivity index (χ4v) is 5.61. The second kappa shape index (κ2) is 10.3. The van der Waals surface area contributed by atoms with Gasteiger partial charge in [-0.2, -0.15) is 5.10 Å². The molecule has 36 heavy (non-hydrogen) atoms. The van der Waals surface area contributed by atoms with E-state index in [1.807, 2.05) is 40.9 Å². The normalized spacial score (nSPS) is 12.0. The van der Waals surface area contributed by atoms with Crippen LogP contribution in [-0.4, -0.2) is 36.4 Å². The summed E-state index contributed by atoms with van der Waals surface area (Å²) in [7, 11) is 0. The maximum absolute atomic E-state index is 12.4. The third-order valence-electron chi connectivity index (χ3n) is 5.56. The molecule has 3 N–H and O–H groups in total. The summed E-state index contributed by atoms with van der Waals surface area (Å²) < 4.78 is 3.67. The fraction of sp³-hybridized carbons (Fsp3) is 0.0417. The summed E-state index contributed by atoms with van der Waals surface area (Å²) in [6, 6.07) is 13.5. The first-order valence-electron chi connectivity index (χ1n) is 10.7. The number of carbonyl (C=O) groups is 1. The number of carbonyl (C=O) groups excluding carboxylic acids is 1. The SMILES string of the molecule is C/C=C(\C=N)C(=O)Nc1cncc(-n2nc(Nc3ccc4c(cnn4PI)c3Cl)c3ccccc32)c1. The molecule has 5 aromatic rings. The number of pyridine rings is 1. The van der Waals surface area contributed by atoms with Crippen molar-refractivity contribution >= 4 is 91.1 Å². The van der Waals surface area contributed by atoms with Crippen LogP contribution in [0.25, 0.3) is 27.5 Å². The molecule has 0 saturated carbocycles. The Labute approximate surface area is 225 Å². The molecule has 2 aromatic carbocycles.